The summed E-state index contributed by atoms with van der Waals surface area (Å²) in [5.74, 6) is -1.84. The Bertz CT molecular complexity index is 987. The normalized spacial score (nSPS) is 16.7. The first-order chi connectivity index (χ1) is 15.7. The van der Waals surface area contributed by atoms with Crippen molar-refractivity contribution in [1.82, 2.24) is 10.6 Å². The van der Waals surface area contributed by atoms with Crippen LogP contribution in [-0.2, 0) is 20.8 Å². The molecule has 0 radical (unpaired) electrons. The molecule has 1 saturated carbocycles. The van der Waals surface area contributed by atoms with Gasteiger partial charge in [-0.05, 0) is 35.4 Å². The van der Waals surface area contributed by atoms with Crippen molar-refractivity contribution in [3.63, 3.8) is 0 Å². The standard InChI is InChI=1S/C26H32N2O4S/c1-17(2)22(33)23(29)28-26(13-6-7-14-26)25(32)27-21(24(30)31)16-18-9-8-12-20(15-18)19-10-4-3-5-11-19/h3-5,8-12,15,17,21-22,33H,6-7,13-14,16H2,1-2H3,(H,27,32)(H,28,29)(H,30,31)/t21-,22+/m1/s1. The lowest BCUT2D eigenvalue weighted by Gasteiger charge is -2.32. The Labute approximate surface area is 200 Å². The van der Waals surface area contributed by atoms with Crippen LogP contribution in [0.25, 0.3) is 11.1 Å². The number of carbonyl (C=O) groups is 3. The molecule has 0 aromatic heterocycles. The smallest absolute Gasteiger partial charge is 0.326 e. The second kappa shape index (κ2) is 10.9. The highest BCUT2D eigenvalue weighted by atomic mass is 32.1. The number of thiol groups is 1. The molecule has 3 rings (SSSR count). The van der Waals surface area contributed by atoms with Crippen LogP contribution in [0, 0.1) is 5.92 Å². The van der Waals surface area contributed by atoms with Crippen LogP contribution in [0.1, 0.15) is 45.1 Å². The predicted octanol–water partition coefficient (Wildman–Crippen LogP) is 3.85. The first-order valence-corrected chi connectivity index (χ1v) is 11.9. The maximum atomic E-state index is 13.3. The molecule has 33 heavy (non-hydrogen) atoms. The molecule has 1 aliphatic rings. The van der Waals surface area contributed by atoms with Crippen molar-refractivity contribution in [3.05, 3.63) is 60.2 Å². The average molecular weight is 469 g/mol. The fourth-order valence-electron chi connectivity index (χ4n) is 4.24. The highest BCUT2D eigenvalue weighted by Crippen LogP contribution is 2.31. The largest absolute Gasteiger partial charge is 0.480 e. The van der Waals surface area contributed by atoms with Gasteiger partial charge in [-0.1, -0.05) is 81.3 Å². The quantitative estimate of drug-likeness (QED) is 0.421. The zero-order chi connectivity index (χ0) is 24.0. The number of aliphatic carboxylic acids is 1. The number of nitrogens with one attached hydrogen (secondary N) is 2. The summed E-state index contributed by atoms with van der Waals surface area (Å²) >= 11 is 4.37. The van der Waals surface area contributed by atoms with Crippen molar-refractivity contribution in [2.75, 3.05) is 0 Å². The van der Waals surface area contributed by atoms with Gasteiger partial charge in [0.2, 0.25) is 11.8 Å². The molecule has 6 nitrogen and oxygen atoms in total. The Hall–Kier alpha value is -2.80. The minimum atomic E-state index is -1.11. The van der Waals surface area contributed by atoms with E-state index in [1.54, 1.807) is 0 Å². The van der Waals surface area contributed by atoms with Crippen LogP contribution in [-0.4, -0.2) is 39.7 Å². The molecule has 0 unspecified atom stereocenters. The summed E-state index contributed by atoms with van der Waals surface area (Å²) in [5, 5.41) is 14.9. The lowest BCUT2D eigenvalue weighted by atomic mass is 9.93. The first-order valence-electron chi connectivity index (χ1n) is 11.4. The van der Waals surface area contributed by atoms with E-state index in [9.17, 15) is 19.5 Å². The highest BCUT2D eigenvalue weighted by Gasteiger charge is 2.44. The summed E-state index contributed by atoms with van der Waals surface area (Å²) in [6, 6.07) is 16.4. The van der Waals surface area contributed by atoms with Gasteiger partial charge in [0.05, 0.1) is 5.25 Å². The van der Waals surface area contributed by atoms with Gasteiger partial charge in [-0.25, -0.2) is 4.79 Å². The fourth-order valence-corrected chi connectivity index (χ4v) is 4.31. The van der Waals surface area contributed by atoms with Gasteiger partial charge in [0, 0.05) is 6.42 Å². The SMILES string of the molecule is CC(C)[C@H](S)C(=O)NC1(C(=O)N[C@H](Cc2cccc(-c3ccccc3)c2)C(=O)O)CCCC1. The Kier molecular flexibility index (Phi) is 8.19. The van der Waals surface area contributed by atoms with Crippen molar-refractivity contribution in [1.29, 1.82) is 0 Å². The fraction of sp³-hybridized carbons (Fsp3) is 0.423. The number of carboxylic acid groups (broad SMARTS) is 1. The first kappa shape index (κ1) is 24.8. The number of amides is 2. The summed E-state index contributed by atoms with van der Waals surface area (Å²) in [6.45, 7) is 3.78. The third kappa shape index (κ3) is 6.16. The molecule has 176 valence electrons. The molecule has 0 aliphatic heterocycles. The highest BCUT2D eigenvalue weighted by molar-refractivity contribution is 7.81. The predicted molar refractivity (Wildman–Crippen MR) is 132 cm³/mol. The third-order valence-electron chi connectivity index (χ3n) is 6.23. The summed E-state index contributed by atoms with van der Waals surface area (Å²) in [6.07, 6.45) is 2.71. The maximum Gasteiger partial charge on any atom is 0.326 e. The minimum absolute atomic E-state index is 0.0125. The van der Waals surface area contributed by atoms with E-state index in [4.69, 9.17) is 0 Å². The monoisotopic (exact) mass is 468 g/mol. The zero-order valence-corrected chi connectivity index (χ0v) is 20.0. The molecule has 2 aromatic carbocycles. The molecule has 0 saturated heterocycles. The van der Waals surface area contributed by atoms with Crippen LogP contribution >= 0.6 is 12.6 Å². The van der Waals surface area contributed by atoms with Crippen LogP contribution in [0.4, 0.5) is 0 Å². The van der Waals surface area contributed by atoms with E-state index in [1.807, 2.05) is 68.4 Å². The number of hydrogen-bond donors (Lipinski definition) is 4. The minimum Gasteiger partial charge on any atom is -0.480 e. The number of carbonyl (C=O) groups excluding carboxylic acids is 2. The number of benzene rings is 2. The molecule has 1 aliphatic carbocycles. The second-order valence-electron chi connectivity index (χ2n) is 9.10. The van der Waals surface area contributed by atoms with Crippen molar-refractivity contribution in [2.24, 2.45) is 5.92 Å². The molecule has 0 heterocycles. The molecule has 0 bridgehead atoms. The van der Waals surface area contributed by atoms with E-state index in [2.05, 4.69) is 23.3 Å². The molecule has 0 spiro atoms. The van der Waals surface area contributed by atoms with Gasteiger partial charge in [-0.15, -0.1) is 0 Å². The Balaban J connectivity index is 1.75. The van der Waals surface area contributed by atoms with Crippen LogP contribution in [0.3, 0.4) is 0 Å². The molecular formula is C26H32N2O4S. The Morgan fingerprint density at radius 3 is 2.24 bits per heavy atom. The van der Waals surface area contributed by atoms with Crippen LogP contribution in [0.5, 0.6) is 0 Å². The van der Waals surface area contributed by atoms with Gasteiger partial charge < -0.3 is 15.7 Å². The van der Waals surface area contributed by atoms with Crippen LogP contribution in [0.15, 0.2) is 54.6 Å². The van der Waals surface area contributed by atoms with Gasteiger partial charge in [0.1, 0.15) is 11.6 Å². The van der Waals surface area contributed by atoms with Crippen LogP contribution in [0.2, 0.25) is 0 Å². The zero-order valence-electron chi connectivity index (χ0n) is 19.1. The van der Waals surface area contributed by atoms with E-state index >= 15 is 0 Å². The lowest BCUT2D eigenvalue weighted by molar-refractivity contribution is -0.143. The van der Waals surface area contributed by atoms with E-state index in [-0.39, 0.29) is 18.2 Å². The topological polar surface area (TPSA) is 95.5 Å². The summed E-state index contributed by atoms with van der Waals surface area (Å²) in [5.41, 5.74) is 1.74. The molecule has 1 fully saturated rings. The summed E-state index contributed by atoms with van der Waals surface area (Å²) in [7, 11) is 0. The number of rotatable bonds is 9. The molecule has 3 N–H and O–H groups in total. The third-order valence-corrected chi connectivity index (χ3v) is 7.06. The Morgan fingerprint density at radius 1 is 1.00 bits per heavy atom. The van der Waals surface area contributed by atoms with E-state index in [1.165, 1.54) is 0 Å². The van der Waals surface area contributed by atoms with Gasteiger partial charge in [-0.3, -0.25) is 9.59 Å². The lowest BCUT2D eigenvalue weighted by Crippen LogP contribution is -2.61. The van der Waals surface area contributed by atoms with E-state index in [0.717, 1.165) is 29.5 Å². The molecule has 7 heteroatoms. The molecular weight excluding hydrogens is 436 g/mol. The maximum absolute atomic E-state index is 13.3. The van der Waals surface area contributed by atoms with E-state index in [0.29, 0.717) is 12.8 Å². The van der Waals surface area contributed by atoms with Gasteiger partial charge in [0.15, 0.2) is 0 Å². The van der Waals surface area contributed by atoms with Crippen molar-refractivity contribution in [3.8, 4) is 11.1 Å². The second-order valence-corrected chi connectivity index (χ2v) is 9.66. The summed E-state index contributed by atoms with van der Waals surface area (Å²) < 4.78 is 0. The van der Waals surface area contributed by atoms with Crippen molar-refractivity contribution in [2.45, 2.75) is 62.8 Å². The van der Waals surface area contributed by atoms with Gasteiger partial charge in [-0.2, -0.15) is 12.6 Å². The van der Waals surface area contributed by atoms with E-state index < -0.39 is 28.7 Å². The Morgan fingerprint density at radius 2 is 1.64 bits per heavy atom. The van der Waals surface area contributed by atoms with Crippen molar-refractivity contribution >= 4 is 30.4 Å². The van der Waals surface area contributed by atoms with Crippen molar-refractivity contribution < 1.29 is 19.5 Å². The average Bonchev–Trinajstić information content (AvgIpc) is 3.28. The van der Waals surface area contributed by atoms with Gasteiger partial charge >= 0.3 is 5.97 Å². The molecule has 2 atom stereocenters. The summed E-state index contributed by atoms with van der Waals surface area (Å²) in [4.78, 5) is 37.9. The number of carboxylic acids is 1. The molecule has 2 amide bonds. The number of hydrogen-bond acceptors (Lipinski definition) is 4. The molecule has 2 aromatic rings. The van der Waals surface area contributed by atoms with Crippen LogP contribution < -0.4 is 10.6 Å². The van der Waals surface area contributed by atoms with Gasteiger partial charge in [0.25, 0.3) is 0 Å².